The van der Waals surface area contributed by atoms with Crippen LogP contribution in [0.1, 0.15) is 50.5 Å². The van der Waals surface area contributed by atoms with Gasteiger partial charge in [-0.05, 0) is 50.4 Å². The van der Waals surface area contributed by atoms with Gasteiger partial charge in [0.05, 0.1) is 0 Å². The van der Waals surface area contributed by atoms with Crippen molar-refractivity contribution < 1.29 is 14.2 Å². The summed E-state index contributed by atoms with van der Waals surface area (Å²) in [7, 11) is 2.11. The minimum absolute atomic E-state index is 0.313. The highest BCUT2D eigenvalue weighted by atomic mass is 19.1. The van der Waals surface area contributed by atoms with Gasteiger partial charge in [-0.25, -0.2) is 4.39 Å². The van der Waals surface area contributed by atoms with Crippen LogP contribution in [-0.2, 0) is 6.54 Å². The zero-order chi connectivity index (χ0) is 19.1. The summed E-state index contributed by atoms with van der Waals surface area (Å²) in [6.45, 7) is 3.43. The summed E-state index contributed by atoms with van der Waals surface area (Å²) in [5.74, 6) is 0.798. The molecule has 1 aromatic carbocycles. The summed E-state index contributed by atoms with van der Waals surface area (Å²) in [5, 5.41) is 10.4. The molecule has 1 heterocycles. The van der Waals surface area contributed by atoms with Crippen molar-refractivity contribution in [1.29, 1.82) is 0 Å². The number of aliphatic hydroxyl groups excluding tert-OH is 1. The second-order valence-electron chi connectivity index (χ2n) is 8.29. The molecular formula is C22H35FN2O2. The largest absolute Gasteiger partial charge is 0.491 e. The molecule has 1 N–H and O–H groups in total. The van der Waals surface area contributed by atoms with Gasteiger partial charge in [-0.2, -0.15) is 0 Å². The summed E-state index contributed by atoms with van der Waals surface area (Å²) < 4.78 is 19.1. The average Bonchev–Trinajstić information content (AvgIpc) is 2.69. The SMILES string of the molecule is CN(CC(O)COc1cccc(CN2CCC(F)CC2)c1)C1CCCCC1. The first-order chi connectivity index (χ1) is 13.1. The number of nitrogens with zero attached hydrogens (tertiary/aromatic N) is 2. The lowest BCUT2D eigenvalue weighted by atomic mass is 9.94. The number of aliphatic hydroxyl groups is 1. The fourth-order valence-electron chi connectivity index (χ4n) is 4.30. The van der Waals surface area contributed by atoms with Crippen LogP contribution in [0, 0.1) is 0 Å². The third-order valence-electron chi connectivity index (χ3n) is 5.96. The molecule has 1 atom stereocenters. The maximum absolute atomic E-state index is 13.3. The van der Waals surface area contributed by atoms with Gasteiger partial charge in [0.1, 0.15) is 24.6 Å². The van der Waals surface area contributed by atoms with E-state index in [4.69, 9.17) is 4.74 Å². The number of piperidine rings is 1. The van der Waals surface area contributed by atoms with Crippen LogP contribution >= 0.6 is 0 Å². The van der Waals surface area contributed by atoms with Gasteiger partial charge in [-0.3, -0.25) is 4.90 Å². The van der Waals surface area contributed by atoms with Crippen molar-refractivity contribution in [3.63, 3.8) is 0 Å². The number of benzene rings is 1. The van der Waals surface area contributed by atoms with E-state index in [2.05, 4.69) is 22.9 Å². The molecule has 1 aliphatic heterocycles. The first-order valence-corrected chi connectivity index (χ1v) is 10.6. The first kappa shape index (κ1) is 20.6. The molecule has 4 nitrogen and oxygen atoms in total. The summed E-state index contributed by atoms with van der Waals surface area (Å²) >= 11 is 0. The molecule has 2 aliphatic rings. The van der Waals surface area contributed by atoms with Crippen LogP contribution in [0.4, 0.5) is 4.39 Å². The predicted octanol–water partition coefficient (Wildman–Crippen LogP) is 3.62. The molecule has 1 aliphatic carbocycles. The number of ether oxygens (including phenoxy) is 1. The van der Waals surface area contributed by atoms with E-state index < -0.39 is 12.3 Å². The summed E-state index contributed by atoms with van der Waals surface area (Å²) in [6.07, 6.45) is 6.59. The first-order valence-electron chi connectivity index (χ1n) is 10.6. The summed E-state index contributed by atoms with van der Waals surface area (Å²) in [6, 6.07) is 8.66. The van der Waals surface area contributed by atoms with Gasteiger partial charge in [0.25, 0.3) is 0 Å². The Balaban J connectivity index is 1.42. The molecule has 2 fully saturated rings. The lowest BCUT2D eigenvalue weighted by Crippen LogP contribution is -2.40. The van der Waals surface area contributed by atoms with Crippen molar-refractivity contribution in [3.05, 3.63) is 29.8 Å². The number of likely N-dealkylation sites (N-methyl/N-ethyl adjacent to an activating group) is 1. The Morgan fingerprint density at radius 1 is 1.19 bits per heavy atom. The van der Waals surface area contributed by atoms with E-state index in [-0.39, 0.29) is 0 Å². The number of rotatable bonds is 8. The number of hydrogen-bond donors (Lipinski definition) is 1. The highest BCUT2D eigenvalue weighted by Crippen LogP contribution is 2.22. The Hall–Kier alpha value is -1.17. The number of alkyl halides is 1. The third-order valence-corrected chi connectivity index (χ3v) is 5.96. The smallest absolute Gasteiger partial charge is 0.119 e. The van der Waals surface area contributed by atoms with Gasteiger partial charge >= 0.3 is 0 Å². The third kappa shape index (κ3) is 6.74. The second kappa shape index (κ2) is 10.4. The molecule has 1 saturated heterocycles. The number of hydrogen-bond acceptors (Lipinski definition) is 4. The fourth-order valence-corrected chi connectivity index (χ4v) is 4.30. The Kier molecular flexibility index (Phi) is 7.92. The minimum atomic E-state index is -0.635. The van der Waals surface area contributed by atoms with Crippen molar-refractivity contribution in [1.82, 2.24) is 9.80 Å². The van der Waals surface area contributed by atoms with E-state index in [9.17, 15) is 9.50 Å². The van der Waals surface area contributed by atoms with Gasteiger partial charge in [-0.1, -0.05) is 31.4 Å². The van der Waals surface area contributed by atoms with Crippen molar-refractivity contribution in [2.24, 2.45) is 0 Å². The van der Waals surface area contributed by atoms with E-state index in [1.165, 1.54) is 37.7 Å². The van der Waals surface area contributed by atoms with Crippen molar-refractivity contribution in [2.45, 2.75) is 69.8 Å². The van der Waals surface area contributed by atoms with Gasteiger partial charge in [-0.15, -0.1) is 0 Å². The van der Waals surface area contributed by atoms with Crippen molar-refractivity contribution in [2.75, 3.05) is 33.3 Å². The topological polar surface area (TPSA) is 35.9 Å². The van der Waals surface area contributed by atoms with Crippen LogP contribution in [0.15, 0.2) is 24.3 Å². The Morgan fingerprint density at radius 2 is 1.93 bits per heavy atom. The van der Waals surface area contributed by atoms with Crippen LogP contribution in [0.2, 0.25) is 0 Å². The van der Waals surface area contributed by atoms with E-state index >= 15 is 0 Å². The van der Waals surface area contributed by atoms with E-state index in [1.54, 1.807) is 0 Å². The molecule has 0 aromatic heterocycles. The maximum atomic E-state index is 13.3. The van der Waals surface area contributed by atoms with E-state index in [1.807, 2.05) is 18.2 Å². The lowest BCUT2D eigenvalue weighted by molar-refractivity contribution is 0.0561. The van der Waals surface area contributed by atoms with Crippen LogP contribution in [-0.4, -0.2) is 66.5 Å². The lowest BCUT2D eigenvalue weighted by Gasteiger charge is -2.32. The molecule has 27 heavy (non-hydrogen) atoms. The summed E-state index contributed by atoms with van der Waals surface area (Å²) in [5.41, 5.74) is 1.18. The van der Waals surface area contributed by atoms with Crippen molar-refractivity contribution in [3.8, 4) is 5.75 Å². The Morgan fingerprint density at radius 3 is 2.67 bits per heavy atom. The monoisotopic (exact) mass is 378 g/mol. The number of likely N-dealkylation sites (tertiary alicyclic amines) is 1. The van der Waals surface area contributed by atoms with Crippen LogP contribution in [0.3, 0.4) is 0 Å². The highest BCUT2D eigenvalue weighted by Gasteiger charge is 2.21. The molecule has 0 radical (unpaired) electrons. The van der Waals surface area contributed by atoms with Crippen LogP contribution in [0.25, 0.3) is 0 Å². The Labute approximate surface area is 163 Å². The van der Waals surface area contributed by atoms with Gasteiger partial charge < -0.3 is 14.7 Å². The van der Waals surface area contributed by atoms with Gasteiger partial charge in [0, 0.05) is 32.2 Å². The zero-order valence-corrected chi connectivity index (χ0v) is 16.7. The normalized spacial score (nSPS) is 21.5. The van der Waals surface area contributed by atoms with Gasteiger partial charge in [0.15, 0.2) is 0 Å². The van der Waals surface area contributed by atoms with Crippen LogP contribution < -0.4 is 4.74 Å². The van der Waals surface area contributed by atoms with E-state index in [0.717, 1.165) is 25.4 Å². The molecule has 1 saturated carbocycles. The molecule has 3 rings (SSSR count). The maximum Gasteiger partial charge on any atom is 0.119 e. The Bertz CT molecular complexity index is 557. The molecule has 152 valence electrons. The van der Waals surface area contributed by atoms with E-state index in [0.29, 0.717) is 32.0 Å². The number of halogens is 1. The molecular weight excluding hydrogens is 343 g/mol. The highest BCUT2D eigenvalue weighted by molar-refractivity contribution is 5.28. The predicted molar refractivity (Wildman–Crippen MR) is 107 cm³/mol. The molecule has 0 spiro atoms. The second-order valence-corrected chi connectivity index (χ2v) is 8.29. The quantitative estimate of drug-likeness (QED) is 0.749. The molecule has 1 aromatic rings. The summed E-state index contributed by atoms with van der Waals surface area (Å²) in [4.78, 5) is 4.58. The minimum Gasteiger partial charge on any atom is -0.491 e. The molecule has 1 unspecified atom stereocenters. The zero-order valence-electron chi connectivity index (χ0n) is 16.7. The molecule has 0 amide bonds. The average molecular weight is 379 g/mol. The fraction of sp³-hybridized carbons (Fsp3) is 0.727. The van der Waals surface area contributed by atoms with Crippen LogP contribution in [0.5, 0.6) is 5.75 Å². The standard InChI is InChI=1S/C22H35FN2O2/c1-24(20-7-3-2-4-8-20)16-21(26)17-27-22-9-5-6-18(14-22)15-25-12-10-19(23)11-13-25/h5-6,9,14,19-21,26H,2-4,7-8,10-13,15-17H2,1H3. The molecule has 5 heteroatoms. The van der Waals surface area contributed by atoms with Gasteiger partial charge in [0.2, 0.25) is 0 Å². The molecule has 0 bridgehead atoms. The van der Waals surface area contributed by atoms with Crippen molar-refractivity contribution >= 4 is 0 Å².